The summed E-state index contributed by atoms with van der Waals surface area (Å²) in [6.07, 6.45) is 2.40. The lowest BCUT2D eigenvalue weighted by molar-refractivity contribution is 0.485. The number of ether oxygens (including phenoxy) is 1. The van der Waals surface area contributed by atoms with Crippen LogP contribution in [-0.2, 0) is 0 Å². The van der Waals surface area contributed by atoms with E-state index in [4.69, 9.17) is 9.72 Å². The summed E-state index contributed by atoms with van der Waals surface area (Å²) in [6.45, 7) is 4.05. The highest BCUT2D eigenvalue weighted by molar-refractivity contribution is 5.65. The quantitative estimate of drug-likeness (QED) is 0.710. The lowest BCUT2D eigenvalue weighted by atomic mass is 10.2. The van der Waals surface area contributed by atoms with Crippen LogP contribution < -0.4 is 15.0 Å². The van der Waals surface area contributed by atoms with E-state index in [1.54, 1.807) is 0 Å². The summed E-state index contributed by atoms with van der Waals surface area (Å²) in [5.41, 5.74) is 1.83. The van der Waals surface area contributed by atoms with E-state index in [2.05, 4.69) is 15.2 Å². The van der Waals surface area contributed by atoms with Gasteiger partial charge in [-0.2, -0.15) is 4.98 Å². The molecule has 0 saturated carbocycles. The summed E-state index contributed by atoms with van der Waals surface area (Å²) < 4.78 is 6.03. The number of hydrogen-bond acceptors (Lipinski definition) is 5. The number of benzene rings is 2. The van der Waals surface area contributed by atoms with Gasteiger partial charge >= 0.3 is 0 Å². The van der Waals surface area contributed by atoms with Crippen LogP contribution in [0, 0.1) is 6.92 Å². The summed E-state index contributed by atoms with van der Waals surface area (Å²) >= 11 is 0. The van der Waals surface area contributed by atoms with Crippen molar-refractivity contribution < 1.29 is 4.74 Å². The first-order chi connectivity index (χ1) is 12.8. The molecule has 1 N–H and O–H groups in total. The number of nitrogens with one attached hydrogen (secondary N) is 1. The minimum atomic E-state index is 0.762. The predicted octanol–water partition coefficient (Wildman–Crippen LogP) is 4.92. The zero-order valence-corrected chi connectivity index (χ0v) is 14.9. The van der Waals surface area contributed by atoms with E-state index >= 15 is 0 Å². The fourth-order valence-electron chi connectivity index (χ4n) is 3.09. The van der Waals surface area contributed by atoms with E-state index in [0.29, 0.717) is 0 Å². The third-order valence-electron chi connectivity index (χ3n) is 4.35. The molecule has 5 heteroatoms. The van der Waals surface area contributed by atoms with E-state index in [1.807, 2.05) is 67.6 Å². The number of aromatic nitrogens is 2. The Labute approximate surface area is 153 Å². The van der Waals surface area contributed by atoms with Gasteiger partial charge in [0.05, 0.1) is 5.69 Å². The van der Waals surface area contributed by atoms with Crippen molar-refractivity contribution in [1.82, 2.24) is 9.97 Å². The Morgan fingerprint density at radius 3 is 2.46 bits per heavy atom. The molecule has 4 rings (SSSR count). The Kier molecular flexibility index (Phi) is 4.69. The van der Waals surface area contributed by atoms with Crippen LogP contribution in [0.15, 0.2) is 60.7 Å². The van der Waals surface area contributed by atoms with Gasteiger partial charge in [0.25, 0.3) is 0 Å². The highest BCUT2D eigenvalue weighted by Crippen LogP contribution is 2.31. The zero-order valence-electron chi connectivity index (χ0n) is 14.9. The molecule has 1 aliphatic heterocycles. The number of hydrogen-bond donors (Lipinski definition) is 1. The number of nitrogens with zero attached hydrogens (tertiary/aromatic N) is 3. The van der Waals surface area contributed by atoms with Crippen LogP contribution in [0.2, 0.25) is 0 Å². The van der Waals surface area contributed by atoms with Gasteiger partial charge in [-0.3, -0.25) is 0 Å². The topological polar surface area (TPSA) is 50.3 Å². The van der Waals surface area contributed by atoms with Crippen molar-refractivity contribution in [2.75, 3.05) is 23.3 Å². The molecule has 0 bridgehead atoms. The molecule has 132 valence electrons. The average Bonchev–Trinajstić information content (AvgIpc) is 3.19. The Morgan fingerprint density at radius 2 is 1.65 bits per heavy atom. The fraction of sp³-hybridized carbons (Fsp3) is 0.238. The molecule has 2 aromatic carbocycles. The summed E-state index contributed by atoms with van der Waals surface area (Å²) in [5, 5.41) is 3.39. The standard InChI is InChI=1S/C21H22N4O/c1-16-15-20(24-21(22-16)25-13-7-8-14-25)23-18-11-5-6-12-19(18)26-17-9-3-2-4-10-17/h2-6,9-12,15H,7-8,13-14H2,1H3,(H,22,23,24). The summed E-state index contributed by atoms with van der Waals surface area (Å²) in [6, 6.07) is 19.6. The Bertz CT molecular complexity index is 876. The third kappa shape index (κ3) is 3.77. The molecule has 0 amide bonds. The van der Waals surface area contributed by atoms with E-state index < -0.39 is 0 Å². The molecule has 1 saturated heterocycles. The van der Waals surface area contributed by atoms with Crippen LogP contribution in [-0.4, -0.2) is 23.1 Å². The highest BCUT2D eigenvalue weighted by atomic mass is 16.5. The fourth-order valence-corrected chi connectivity index (χ4v) is 3.09. The van der Waals surface area contributed by atoms with Crippen molar-refractivity contribution in [1.29, 1.82) is 0 Å². The average molecular weight is 346 g/mol. The number of para-hydroxylation sites is 3. The molecule has 0 unspecified atom stereocenters. The maximum Gasteiger partial charge on any atom is 0.227 e. The maximum absolute atomic E-state index is 6.03. The van der Waals surface area contributed by atoms with Gasteiger partial charge in [-0.25, -0.2) is 4.98 Å². The molecule has 1 aromatic heterocycles. The van der Waals surface area contributed by atoms with E-state index in [9.17, 15) is 0 Å². The second-order valence-electron chi connectivity index (χ2n) is 6.42. The second-order valence-corrected chi connectivity index (χ2v) is 6.42. The minimum absolute atomic E-state index is 0.762. The van der Waals surface area contributed by atoms with Crippen LogP contribution in [0.5, 0.6) is 11.5 Å². The smallest absolute Gasteiger partial charge is 0.227 e. The molecule has 0 spiro atoms. The van der Waals surface area contributed by atoms with Crippen LogP contribution in [0.25, 0.3) is 0 Å². The second kappa shape index (κ2) is 7.44. The monoisotopic (exact) mass is 346 g/mol. The zero-order chi connectivity index (χ0) is 17.8. The summed E-state index contributed by atoms with van der Waals surface area (Å²) in [7, 11) is 0. The van der Waals surface area contributed by atoms with Crippen molar-refractivity contribution in [3.63, 3.8) is 0 Å². The van der Waals surface area contributed by atoms with Gasteiger partial charge in [0.1, 0.15) is 11.6 Å². The van der Waals surface area contributed by atoms with Gasteiger partial charge in [0, 0.05) is 24.8 Å². The summed E-state index contributed by atoms with van der Waals surface area (Å²) in [5.74, 6) is 3.14. The molecule has 1 fully saturated rings. The van der Waals surface area contributed by atoms with Gasteiger partial charge in [-0.1, -0.05) is 30.3 Å². The molecule has 0 radical (unpaired) electrons. The van der Waals surface area contributed by atoms with Crippen LogP contribution >= 0.6 is 0 Å². The molecular formula is C21H22N4O. The van der Waals surface area contributed by atoms with Crippen LogP contribution in [0.1, 0.15) is 18.5 Å². The largest absolute Gasteiger partial charge is 0.455 e. The first-order valence-corrected chi connectivity index (χ1v) is 8.97. The van der Waals surface area contributed by atoms with Crippen LogP contribution in [0.4, 0.5) is 17.5 Å². The molecule has 5 nitrogen and oxygen atoms in total. The van der Waals surface area contributed by atoms with E-state index in [1.165, 1.54) is 12.8 Å². The highest BCUT2D eigenvalue weighted by Gasteiger charge is 2.16. The van der Waals surface area contributed by atoms with Crippen molar-refractivity contribution in [2.45, 2.75) is 19.8 Å². The minimum Gasteiger partial charge on any atom is -0.455 e. The maximum atomic E-state index is 6.03. The van der Waals surface area contributed by atoms with Crippen molar-refractivity contribution in [2.24, 2.45) is 0 Å². The molecule has 0 aliphatic carbocycles. The van der Waals surface area contributed by atoms with Gasteiger partial charge in [0.15, 0.2) is 5.75 Å². The van der Waals surface area contributed by atoms with E-state index in [-0.39, 0.29) is 0 Å². The van der Waals surface area contributed by atoms with Crippen molar-refractivity contribution in [3.05, 3.63) is 66.4 Å². The SMILES string of the molecule is Cc1cc(Nc2ccccc2Oc2ccccc2)nc(N2CCCC2)n1. The number of aryl methyl sites for hydroxylation is 1. The molecule has 0 atom stereocenters. The van der Waals surface area contributed by atoms with Gasteiger partial charge in [-0.05, 0) is 44.0 Å². The number of rotatable bonds is 5. The lowest BCUT2D eigenvalue weighted by Gasteiger charge is -2.17. The predicted molar refractivity (Wildman–Crippen MR) is 104 cm³/mol. The van der Waals surface area contributed by atoms with Gasteiger partial charge in [0.2, 0.25) is 5.95 Å². The molecule has 2 heterocycles. The Morgan fingerprint density at radius 1 is 0.923 bits per heavy atom. The normalized spacial score (nSPS) is 13.7. The Hall–Kier alpha value is -3.08. The Balaban J connectivity index is 1.59. The van der Waals surface area contributed by atoms with Gasteiger partial charge in [-0.15, -0.1) is 0 Å². The molecule has 1 aliphatic rings. The van der Waals surface area contributed by atoms with Crippen molar-refractivity contribution in [3.8, 4) is 11.5 Å². The van der Waals surface area contributed by atoms with E-state index in [0.717, 1.165) is 47.7 Å². The van der Waals surface area contributed by atoms with Crippen molar-refractivity contribution >= 4 is 17.5 Å². The molecular weight excluding hydrogens is 324 g/mol. The third-order valence-corrected chi connectivity index (χ3v) is 4.35. The molecule has 3 aromatic rings. The van der Waals surface area contributed by atoms with Crippen LogP contribution in [0.3, 0.4) is 0 Å². The lowest BCUT2D eigenvalue weighted by Crippen LogP contribution is -2.21. The molecule has 26 heavy (non-hydrogen) atoms. The first-order valence-electron chi connectivity index (χ1n) is 8.97. The summed E-state index contributed by atoms with van der Waals surface area (Å²) in [4.78, 5) is 11.5. The first kappa shape index (κ1) is 16.4. The van der Waals surface area contributed by atoms with Gasteiger partial charge < -0.3 is 15.0 Å². The number of anilines is 3.